The molecule has 1 saturated heterocycles. The molecule has 0 aromatic heterocycles. The van der Waals surface area contributed by atoms with Crippen LogP contribution in [0.2, 0.25) is 0 Å². The maximum Gasteiger partial charge on any atom is 0.168 e. The first-order valence-electron chi connectivity index (χ1n) is 6.63. The Balaban J connectivity index is 1.92. The number of hydrogen-bond acceptors (Lipinski definition) is 3. The second-order valence-corrected chi connectivity index (χ2v) is 4.82. The van der Waals surface area contributed by atoms with Crippen molar-refractivity contribution in [2.45, 2.75) is 32.6 Å². The van der Waals surface area contributed by atoms with Crippen molar-refractivity contribution in [1.82, 2.24) is 5.01 Å². The van der Waals surface area contributed by atoms with Crippen molar-refractivity contribution in [2.24, 2.45) is 5.10 Å². The first-order chi connectivity index (χ1) is 8.75. The molecule has 1 aliphatic heterocycles. The number of carbonyl (C=O) groups excluding carboxylic acids is 1. The summed E-state index contributed by atoms with van der Waals surface area (Å²) in [5, 5.41) is 6.62. The van der Waals surface area contributed by atoms with Gasteiger partial charge in [-0.25, -0.2) is 0 Å². The molecule has 1 aromatic carbocycles. The molecule has 0 radical (unpaired) electrons. The van der Waals surface area contributed by atoms with Crippen LogP contribution in [0.3, 0.4) is 0 Å². The van der Waals surface area contributed by atoms with E-state index in [2.05, 4.69) is 10.1 Å². The largest absolute Gasteiger partial charge is 0.297 e. The van der Waals surface area contributed by atoms with Gasteiger partial charge in [0.25, 0.3) is 0 Å². The maximum atomic E-state index is 12.0. The van der Waals surface area contributed by atoms with Crippen molar-refractivity contribution in [1.29, 1.82) is 0 Å². The first kappa shape index (κ1) is 12.8. The molecule has 0 bridgehead atoms. The third-order valence-electron chi connectivity index (χ3n) is 3.16. The van der Waals surface area contributed by atoms with E-state index in [0.29, 0.717) is 6.42 Å². The van der Waals surface area contributed by atoms with Gasteiger partial charge in [0.05, 0.1) is 6.42 Å². The minimum atomic E-state index is 0.147. The van der Waals surface area contributed by atoms with Crippen molar-refractivity contribution < 1.29 is 4.79 Å². The zero-order valence-corrected chi connectivity index (χ0v) is 10.9. The molecule has 2 rings (SSSR count). The Bertz CT molecular complexity index is 419. The standard InChI is InChI=1S/C15H20N2O/c1-13(16-17-10-6-3-7-11-17)12-15(18)14-8-4-2-5-9-14/h2,4-5,8-9H,3,6-7,10-12H2,1H3. The van der Waals surface area contributed by atoms with Gasteiger partial charge in [0, 0.05) is 24.4 Å². The number of rotatable bonds is 4. The summed E-state index contributed by atoms with van der Waals surface area (Å²) in [6.07, 6.45) is 4.14. The molecular weight excluding hydrogens is 224 g/mol. The highest BCUT2D eigenvalue weighted by Crippen LogP contribution is 2.10. The van der Waals surface area contributed by atoms with Crippen molar-refractivity contribution in [2.75, 3.05) is 13.1 Å². The van der Waals surface area contributed by atoms with E-state index in [-0.39, 0.29) is 5.78 Å². The number of hydrazone groups is 1. The van der Waals surface area contributed by atoms with Crippen molar-refractivity contribution in [3.05, 3.63) is 35.9 Å². The fraction of sp³-hybridized carbons (Fsp3) is 0.467. The smallest absolute Gasteiger partial charge is 0.168 e. The zero-order valence-electron chi connectivity index (χ0n) is 10.9. The number of hydrogen-bond donors (Lipinski definition) is 0. The third-order valence-corrected chi connectivity index (χ3v) is 3.16. The number of nitrogens with zero attached hydrogens (tertiary/aromatic N) is 2. The lowest BCUT2D eigenvalue weighted by Gasteiger charge is -2.24. The van der Waals surface area contributed by atoms with Gasteiger partial charge in [0.15, 0.2) is 5.78 Å². The molecule has 0 spiro atoms. The van der Waals surface area contributed by atoms with Gasteiger partial charge in [-0.2, -0.15) is 5.10 Å². The normalized spacial score (nSPS) is 16.7. The number of benzene rings is 1. The second-order valence-electron chi connectivity index (χ2n) is 4.82. The highest BCUT2D eigenvalue weighted by molar-refractivity contribution is 6.08. The van der Waals surface area contributed by atoms with E-state index in [1.807, 2.05) is 37.3 Å². The van der Waals surface area contributed by atoms with E-state index in [4.69, 9.17) is 0 Å². The summed E-state index contributed by atoms with van der Waals surface area (Å²) >= 11 is 0. The van der Waals surface area contributed by atoms with Crippen LogP contribution in [-0.4, -0.2) is 29.6 Å². The van der Waals surface area contributed by atoms with E-state index in [1.54, 1.807) is 0 Å². The number of carbonyl (C=O) groups is 1. The van der Waals surface area contributed by atoms with Crippen LogP contribution in [0.4, 0.5) is 0 Å². The number of Topliss-reactive ketones (excluding diaryl/α,β-unsaturated/α-hetero) is 1. The maximum absolute atomic E-state index is 12.0. The van der Waals surface area contributed by atoms with Crippen LogP contribution in [0.5, 0.6) is 0 Å². The average molecular weight is 244 g/mol. The van der Waals surface area contributed by atoms with Gasteiger partial charge >= 0.3 is 0 Å². The Labute approximate surface area is 108 Å². The van der Waals surface area contributed by atoms with Gasteiger partial charge in [-0.1, -0.05) is 30.3 Å². The minimum absolute atomic E-state index is 0.147. The Morgan fingerprint density at radius 2 is 1.83 bits per heavy atom. The minimum Gasteiger partial charge on any atom is -0.297 e. The SMILES string of the molecule is CC(CC(=O)c1ccccc1)=NN1CCCCC1. The number of ketones is 1. The topological polar surface area (TPSA) is 32.7 Å². The molecular formula is C15H20N2O. The Hall–Kier alpha value is -1.64. The Morgan fingerprint density at radius 3 is 2.50 bits per heavy atom. The van der Waals surface area contributed by atoms with E-state index in [9.17, 15) is 4.79 Å². The fourth-order valence-corrected chi connectivity index (χ4v) is 2.21. The van der Waals surface area contributed by atoms with E-state index >= 15 is 0 Å². The molecule has 0 saturated carbocycles. The molecule has 0 unspecified atom stereocenters. The molecule has 96 valence electrons. The molecule has 0 aliphatic carbocycles. The summed E-state index contributed by atoms with van der Waals surface area (Å²) in [4.78, 5) is 12.0. The predicted molar refractivity (Wildman–Crippen MR) is 73.9 cm³/mol. The van der Waals surface area contributed by atoms with Crippen LogP contribution in [0.1, 0.15) is 43.0 Å². The van der Waals surface area contributed by atoms with Crippen molar-refractivity contribution in [3.63, 3.8) is 0 Å². The molecule has 1 heterocycles. The van der Waals surface area contributed by atoms with E-state index in [1.165, 1.54) is 19.3 Å². The molecule has 1 aromatic rings. The Kier molecular flexibility index (Phi) is 4.51. The van der Waals surface area contributed by atoms with Crippen LogP contribution >= 0.6 is 0 Å². The molecule has 0 amide bonds. The van der Waals surface area contributed by atoms with E-state index in [0.717, 1.165) is 24.4 Å². The summed E-state index contributed by atoms with van der Waals surface area (Å²) in [5.41, 5.74) is 1.68. The second kappa shape index (κ2) is 6.34. The molecule has 1 aliphatic rings. The zero-order chi connectivity index (χ0) is 12.8. The lowest BCUT2D eigenvalue weighted by molar-refractivity contribution is 0.0999. The monoisotopic (exact) mass is 244 g/mol. The summed E-state index contributed by atoms with van der Waals surface area (Å²) in [6, 6.07) is 9.42. The molecule has 3 heteroatoms. The predicted octanol–water partition coefficient (Wildman–Crippen LogP) is 3.12. The summed E-state index contributed by atoms with van der Waals surface area (Å²) in [7, 11) is 0. The van der Waals surface area contributed by atoms with Crippen LogP contribution in [-0.2, 0) is 0 Å². The lowest BCUT2D eigenvalue weighted by Crippen LogP contribution is -2.26. The average Bonchev–Trinajstić information content (AvgIpc) is 2.40. The van der Waals surface area contributed by atoms with Crippen LogP contribution < -0.4 is 0 Å². The fourth-order valence-electron chi connectivity index (χ4n) is 2.21. The number of piperidine rings is 1. The van der Waals surface area contributed by atoms with Crippen LogP contribution in [0.15, 0.2) is 35.4 Å². The molecule has 1 fully saturated rings. The summed E-state index contributed by atoms with van der Waals surface area (Å²) < 4.78 is 0. The van der Waals surface area contributed by atoms with Gasteiger partial charge < -0.3 is 0 Å². The summed E-state index contributed by atoms with van der Waals surface area (Å²) in [5.74, 6) is 0.147. The van der Waals surface area contributed by atoms with Gasteiger partial charge in [-0.3, -0.25) is 9.80 Å². The van der Waals surface area contributed by atoms with Crippen LogP contribution in [0.25, 0.3) is 0 Å². The Morgan fingerprint density at radius 1 is 1.17 bits per heavy atom. The highest BCUT2D eigenvalue weighted by Gasteiger charge is 2.10. The van der Waals surface area contributed by atoms with Gasteiger partial charge in [0.2, 0.25) is 0 Å². The third kappa shape index (κ3) is 3.69. The first-order valence-corrected chi connectivity index (χ1v) is 6.63. The van der Waals surface area contributed by atoms with Crippen LogP contribution in [0, 0.1) is 0 Å². The summed E-state index contributed by atoms with van der Waals surface area (Å²) in [6.45, 7) is 3.99. The highest BCUT2D eigenvalue weighted by atomic mass is 16.1. The lowest BCUT2D eigenvalue weighted by atomic mass is 10.1. The molecule has 3 nitrogen and oxygen atoms in total. The van der Waals surface area contributed by atoms with Crippen molar-refractivity contribution in [3.8, 4) is 0 Å². The molecule has 18 heavy (non-hydrogen) atoms. The molecule has 0 atom stereocenters. The van der Waals surface area contributed by atoms with Crippen molar-refractivity contribution >= 4 is 11.5 Å². The quantitative estimate of drug-likeness (QED) is 0.602. The van der Waals surface area contributed by atoms with Gasteiger partial charge in [-0.15, -0.1) is 0 Å². The van der Waals surface area contributed by atoms with E-state index < -0.39 is 0 Å². The van der Waals surface area contributed by atoms with Gasteiger partial charge in [-0.05, 0) is 26.2 Å². The molecule has 0 N–H and O–H groups in total. The van der Waals surface area contributed by atoms with Gasteiger partial charge in [0.1, 0.15) is 0 Å².